The molecule has 120 valence electrons. The third kappa shape index (κ3) is 2.61. The third-order valence-corrected chi connectivity index (χ3v) is 5.60. The molecule has 0 saturated heterocycles. The number of carbonyl (C=O) groups excluding carboxylic acids is 1. The summed E-state index contributed by atoms with van der Waals surface area (Å²) < 4.78 is 1.93. The molecule has 2 aliphatic carbocycles. The van der Waals surface area contributed by atoms with Gasteiger partial charge in [-0.15, -0.1) is 0 Å². The Balaban J connectivity index is 1.37. The van der Waals surface area contributed by atoms with Gasteiger partial charge in [0.15, 0.2) is 0 Å². The fourth-order valence-corrected chi connectivity index (χ4v) is 4.22. The maximum absolute atomic E-state index is 12.5. The normalized spacial score (nSPS) is 31.2. The highest BCUT2D eigenvalue weighted by Crippen LogP contribution is 2.44. The van der Waals surface area contributed by atoms with Crippen molar-refractivity contribution in [3.05, 3.63) is 11.8 Å². The Morgan fingerprint density at radius 2 is 2.18 bits per heavy atom. The number of amides is 1. The predicted molar refractivity (Wildman–Crippen MR) is 85.8 cm³/mol. The van der Waals surface area contributed by atoms with E-state index in [-0.39, 0.29) is 5.91 Å². The van der Waals surface area contributed by atoms with Gasteiger partial charge in [0.05, 0.1) is 6.20 Å². The lowest BCUT2D eigenvalue weighted by atomic mass is 9.85. The van der Waals surface area contributed by atoms with Gasteiger partial charge < -0.3 is 10.6 Å². The van der Waals surface area contributed by atoms with Crippen LogP contribution in [0.15, 0.2) is 6.20 Å². The highest BCUT2D eigenvalue weighted by atomic mass is 16.1. The number of nitrogens with zero attached hydrogens (tertiary/aromatic N) is 2. The van der Waals surface area contributed by atoms with E-state index in [4.69, 9.17) is 0 Å². The average Bonchev–Trinajstić information content (AvgIpc) is 3.17. The molecule has 0 spiro atoms. The van der Waals surface area contributed by atoms with Crippen LogP contribution in [0.3, 0.4) is 0 Å². The zero-order valence-corrected chi connectivity index (χ0v) is 13.3. The Kier molecular flexibility index (Phi) is 3.59. The maximum atomic E-state index is 12.5. The number of carbonyl (C=O) groups is 1. The van der Waals surface area contributed by atoms with Crippen LogP contribution in [-0.4, -0.2) is 28.3 Å². The molecule has 2 saturated carbocycles. The lowest BCUT2D eigenvalue weighted by molar-refractivity contribution is 0.0947. The molecular weight excluding hydrogens is 276 g/mol. The number of nitrogens with one attached hydrogen (secondary N) is 2. The number of anilines is 1. The maximum Gasteiger partial charge on any atom is 0.256 e. The van der Waals surface area contributed by atoms with Crippen molar-refractivity contribution >= 4 is 11.7 Å². The van der Waals surface area contributed by atoms with Crippen LogP contribution < -0.4 is 10.6 Å². The highest BCUT2D eigenvalue weighted by Gasteiger charge is 2.44. The van der Waals surface area contributed by atoms with E-state index < -0.39 is 0 Å². The van der Waals surface area contributed by atoms with Gasteiger partial charge in [0, 0.05) is 19.1 Å². The molecule has 5 nitrogen and oxygen atoms in total. The Hall–Kier alpha value is -1.52. The summed E-state index contributed by atoms with van der Waals surface area (Å²) in [5.74, 6) is 3.07. The second-order valence-corrected chi connectivity index (χ2v) is 7.45. The summed E-state index contributed by atoms with van der Waals surface area (Å²) in [6, 6.07) is 0.397. The van der Waals surface area contributed by atoms with E-state index in [1.165, 1.54) is 38.5 Å². The summed E-state index contributed by atoms with van der Waals surface area (Å²) in [5, 5.41) is 10.9. The van der Waals surface area contributed by atoms with Crippen LogP contribution in [0, 0.1) is 17.8 Å². The molecule has 22 heavy (non-hydrogen) atoms. The molecule has 1 unspecified atom stereocenters. The molecule has 2 heterocycles. The van der Waals surface area contributed by atoms with Crippen molar-refractivity contribution in [3.63, 3.8) is 0 Å². The van der Waals surface area contributed by atoms with Gasteiger partial charge in [-0.05, 0) is 24.2 Å². The van der Waals surface area contributed by atoms with Gasteiger partial charge in [-0.2, -0.15) is 5.10 Å². The largest absolute Gasteiger partial charge is 0.369 e. The Labute approximate surface area is 131 Å². The van der Waals surface area contributed by atoms with Crippen molar-refractivity contribution in [2.75, 3.05) is 11.9 Å². The summed E-state index contributed by atoms with van der Waals surface area (Å²) in [4.78, 5) is 12.5. The first-order chi connectivity index (χ1) is 10.7. The van der Waals surface area contributed by atoms with Gasteiger partial charge in [-0.3, -0.25) is 4.79 Å². The van der Waals surface area contributed by atoms with Crippen molar-refractivity contribution < 1.29 is 4.79 Å². The SMILES string of the molecule is CC1CNc2c(C(=O)N[C@@H]3C[C@H]3C3CCCCC3)cnn2C1. The van der Waals surface area contributed by atoms with E-state index in [0.717, 1.165) is 30.7 Å². The highest BCUT2D eigenvalue weighted by molar-refractivity contribution is 5.99. The molecule has 1 aromatic heterocycles. The number of fused-ring (bicyclic) bond motifs is 1. The molecule has 2 fully saturated rings. The molecule has 5 heteroatoms. The van der Waals surface area contributed by atoms with Gasteiger partial charge in [0.1, 0.15) is 11.4 Å². The van der Waals surface area contributed by atoms with Crippen LogP contribution in [0.25, 0.3) is 0 Å². The molecule has 0 bridgehead atoms. The van der Waals surface area contributed by atoms with Crippen LogP contribution in [0.4, 0.5) is 5.82 Å². The second-order valence-electron chi connectivity index (χ2n) is 7.45. The number of aromatic nitrogens is 2. The lowest BCUT2D eigenvalue weighted by Crippen LogP contribution is -2.31. The predicted octanol–water partition coefficient (Wildman–Crippen LogP) is 2.64. The first-order valence-electron chi connectivity index (χ1n) is 8.83. The van der Waals surface area contributed by atoms with E-state index in [2.05, 4.69) is 22.7 Å². The molecule has 3 atom stereocenters. The molecule has 1 aromatic rings. The van der Waals surface area contributed by atoms with Gasteiger partial charge in [0.2, 0.25) is 0 Å². The minimum absolute atomic E-state index is 0.0478. The summed E-state index contributed by atoms with van der Waals surface area (Å²) in [6.45, 7) is 4.00. The molecular formula is C17H26N4O. The Morgan fingerprint density at radius 1 is 1.36 bits per heavy atom. The standard InChI is InChI=1S/C17H26N4O/c1-11-8-18-16-14(9-19-21(16)10-11)17(22)20-15-7-13(15)12-5-3-2-4-6-12/h9,11-13,15,18H,2-8,10H2,1H3,(H,20,22)/t11?,13-,15+/m0/s1. The fraction of sp³-hybridized carbons (Fsp3) is 0.765. The van der Waals surface area contributed by atoms with Crippen molar-refractivity contribution in [1.29, 1.82) is 0 Å². The monoisotopic (exact) mass is 302 g/mol. The number of hydrogen-bond donors (Lipinski definition) is 2. The van der Waals surface area contributed by atoms with Crippen LogP contribution in [0.2, 0.25) is 0 Å². The molecule has 1 amide bonds. The summed E-state index contributed by atoms with van der Waals surface area (Å²) in [6.07, 6.45) is 9.76. The van der Waals surface area contributed by atoms with Crippen LogP contribution in [0.1, 0.15) is 55.8 Å². The van der Waals surface area contributed by atoms with Gasteiger partial charge in [0.25, 0.3) is 5.91 Å². The number of hydrogen-bond acceptors (Lipinski definition) is 3. The molecule has 3 aliphatic rings. The van der Waals surface area contributed by atoms with E-state index in [1.807, 2.05) is 4.68 Å². The molecule has 4 rings (SSSR count). The minimum Gasteiger partial charge on any atom is -0.369 e. The fourth-order valence-electron chi connectivity index (χ4n) is 4.22. The Morgan fingerprint density at radius 3 is 3.00 bits per heavy atom. The van der Waals surface area contributed by atoms with Gasteiger partial charge in [-0.1, -0.05) is 39.0 Å². The van der Waals surface area contributed by atoms with Crippen molar-refractivity contribution in [1.82, 2.24) is 15.1 Å². The first-order valence-corrected chi connectivity index (χ1v) is 8.83. The number of rotatable bonds is 3. The Bertz CT molecular complexity index is 561. The van der Waals surface area contributed by atoms with E-state index >= 15 is 0 Å². The van der Waals surface area contributed by atoms with Gasteiger partial charge >= 0.3 is 0 Å². The smallest absolute Gasteiger partial charge is 0.256 e. The van der Waals surface area contributed by atoms with Crippen LogP contribution in [0.5, 0.6) is 0 Å². The van der Waals surface area contributed by atoms with E-state index in [1.54, 1.807) is 6.20 Å². The summed E-state index contributed by atoms with van der Waals surface area (Å²) in [7, 11) is 0. The first kappa shape index (κ1) is 14.1. The summed E-state index contributed by atoms with van der Waals surface area (Å²) >= 11 is 0. The molecule has 1 aliphatic heterocycles. The zero-order chi connectivity index (χ0) is 15.1. The molecule has 2 N–H and O–H groups in total. The van der Waals surface area contributed by atoms with Gasteiger partial charge in [-0.25, -0.2) is 4.68 Å². The second kappa shape index (κ2) is 5.60. The quantitative estimate of drug-likeness (QED) is 0.902. The summed E-state index contributed by atoms with van der Waals surface area (Å²) in [5.41, 5.74) is 0.709. The third-order valence-electron chi connectivity index (χ3n) is 5.60. The van der Waals surface area contributed by atoms with Crippen molar-refractivity contribution in [2.45, 2.75) is 58.0 Å². The zero-order valence-electron chi connectivity index (χ0n) is 13.3. The van der Waals surface area contributed by atoms with E-state index in [9.17, 15) is 4.79 Å². The lowest BCUT2D eigenvalue weighted by Gasteiger charge is -2.23. The van der Waals surface area contributed by atoms with Crippen molar-refractivity contribution in [3.8, 4) is 0 Å². The topological polar surface area (TPSA) is 59.0 Å². The van der Waals surface area contributed by atoms with Crippen LogP contribution >= 0.6 is 0 Å². The van der Waals surface area contributed by atoms with E-state index in [0.29, 0.717) is 17.5 Å². The average molecular weight is 302 g/mol. The minimum atomic E-state index is 0.0478. The molecule has 0 radical (unpaired) electrons. The van der Waals surface area contributed by atoms with Crippen LogP contribution in [-0.2, 0) is 6.54 Å². The van der Waals surface area contributed by atoms with Crippen molar-refractivity contribution in [2.24, 2.45) is 17.8 Å². The molecule has 0 aromatic carbocycles.